The highest BCUT2D eigenvalue weighted by atomic mass is 79.9. The summed E-state index contributed by atoms with van der Waals surface area (Å²) in [6, 6.07) is 0. The van der Waals surface area contributed by atoms with E-state index in [1.165, 1.54) is 6.08 Å². The summed E-state index contributed by atoms with van der Waals surface area (Å²) in [7, 11) is 0. The van der Waals surface area contributed by atoms with Gasteiger partial charge in [0.25, 0.3) is 0 Å². The molecule has 2 nitrogen and oxygen atoms in total. The number of rotatable bonds is 1. The van der Waals surface area contributed by atoms with Gasteiger partial charge in [-0.1, -0.05) is 15.9 Å². The molecule has 1 rings (SSSR count). The molecule has 0 bridgehead atoms. The third-order valence-corrected chi connectivity index (χ3v) is 1.65. The molecule has 0 aliphatic carbocycles. The van der Waals surface area contributed by atoms with Crippen LogP contribution in [0.2, 0.25) is 0 Å². The summed E-state index contributed by atoms with van der Waals surface area (Å²) in [6.07, 6.45) is 3.13. The first-order valence-corrected chi connectivity index (χ1v) is 3.64. The molecule has 1 aliphatic heterocycles. The Labute approximate surface area is 62.0 Å². The fraction of sp³-hybridized carbons (Fsp3) is 0.500. The topological polar surface area (TPSA) is 26.3 Å². The van der Waals surface area contributed by atoms with E-state index in [0.29, 0.717) is 0 Å². The van der Waals surface area contributed by atoms with Crippen LogP contribution in [0.1, 0.15) is 6.92 Å². The van der Waals surface area contributed by atoms with Gasteiger partial charge in [0.2, 0.25) is 0 Å². The molecule has 9 heavy (non-hydrogen) atoms. The standard InChI is InChI=1S/C6H7BrO2/c1-4(7)5-2-3-6(8)9-5/h2-5H,1H3/t4-,5+/m1/s1. The normalized spacial score (nSPS) is 28.2. The summed E-state index contributed by atoms with van der Waals surface area (Å²) >= 11 is 3.30. The highest BCUT2D eigenvalue weighted by Gasteiger charge is 2.20. The van der Waals surface area contributed by atoms with Crippen LogP contribution in [0.15, 0.2) is 12.2 Å². The van der Waals surface area contributed by atoms with Gasteiger partial charge in [0, 0.05) is 6.08 Å². The van der Waals surface area contributed by atoms with Crippen molar-refractivity contribution in [3.63, 3.8) is 0 Å². The van der Waals surface area contributed by atoms with E-state index in [2.05, 4.69) is 15.9 Å². The summed E-state index contributed by atoms with van der Waals surface area (Å²) in [6.45, 7) is 1.94. The molecule has 0 fully saturated rings. The predicted octanol–water partition coefficient (Wildman–Crippen LogP) is 1.25. The predicted molar refractivity (Wildman–Crippen MR) is 37.4 cm³/mol. The number of halogens is 1. The minimum absolute atomic E-state index is 0.0718. The molecule has 0 amide bonds. The van der Waals surface area contributed by atoms with Gasteiger partial charge in [0.1, 0.15) is 6.10 Å². The zero-order chi connectivity index (χ0) is 6.85. The van der Waals surface area contributed by atoms with Gasteiger partial charge in [-0.15, -0.1) is 0 Å². The van der Waals surface area contributed by atoms with Gasteiger partial charge in [0.05, 0.1) is 4.83 Å². The summed E-state index contributed by atoms with van der Waals surface area (Å²) in [5, 5.41) is 0. The van der Waals surface area contributed by atoms with Crippen molar-refractivity contribution in [2.24, 2.45) is 0 Å². The van der Waals surface area contributed by atoms with E-state index in [4.69, 9.17) is 4.74 Å². The van der Waals surface area contributed by atoms with Gasteiger partial charge >= 0.3 is 5.97 Å². The lowest BCUT2D eigenvalue weighted by molar-refractivity contribution is -0.138. The lowest BCUT2D eigenvalue weighted by Crippen LogP contribution is -2.16. The van der Waals surface area contributed by atoms with E-state index in [1.807, 2.05) is 6.92 Å². The first kappa shape index (κ1) is 6.81. The highest BCUT2D eigenvalue weighted by Crippen LogP contribution is 2.14. The van der Waals surface area contributed by atoms with E-state index in [-0.39, 0.29) is 16.9 Å². The largest absolute Gasteiger partial charge is 0.454 e. The quantitative estimate of drug-likeness (QED) is 0.460. The molecule has 0 spiro atoms. The SMILES string of the molecule is C[C@@H](Br)[C@@H]1C=CC(=O)O1. The lowest BCUT2D eigenvalue weighted by atomic mass is 10.3. The molecule has 0 radical (unpaired) electrons. The van der Waals surface area contributed by atoms with Gasteiger partial charge in [-0.2, -0.15) is 0 Å². The van der Waals surface area contributed by atoms with Crippen LogP contribution < -0.4 is 0 Å². The van der Waals surface area contributed by atoms with Crippen molar-refractivity contribution in [3.8, 4) is 0 Å². The molecule has 1 heterocycles. The number of ether oxygens (including phenoxy) is 1. The van der Waals surface area contributed by atoms with Crippen LogP contribution in [0.25, 0.3) is 0 Å². The lowest BCUT2D eigenvalue weighted by Gasteiger charge is -2.08. The number of carbonyl (C=O) groups excluding carboxylic acids is 1. The molecule has 2 atom stereocenters. The van der Waals surface area contributed by atoms with Crippen molar-refractivity contribution in [1.29, 1.82) is 0 Å². The van der Waals surface area contributed by atoms with E-state index in [9.17, 15) is 4.79 Å². The Hall–Kier alpha value is -0.310. The third-order valence-electron chi connectivity index (χ3n) is 1.13. The zero-order valence-electron chi connectivity index (χ0n) is 5.00. The fourth-order valence-electron chi connectivity index (χ4n) is 0.633. The number of hydrogen-bond acceptors (Lipinski definition) is 2. The molecular formula is C6H7BrO2. The molecule has 1 aliphatic rings. The van der Waals surface area contributed by atoms with Gasteiger partial charge in [-0.25, -0.2) is 4.79 Å². The first-order chi connectivity index (χ1) is 4.20. The van der Waals surface area contributed by atoms with E-state index in [1.54, 1.807) is 6.08 Å². The van der Waals surface area contributed by atoms with Crippen molar-refractivity contribution in [2.45, 2.75) is 17.9 Å². The molecule has 0 aromatic rings. The van der Waals surface area contributed by atoms with Crippen LogP contribution >= 0.6 is 15.9 Å². The maximum Gasteiger partial charge on any atom is 0.331 e. The van der Waals surface area contributed by atoms with Crippen LogP contribution in [-0.2, 0) is 9.53 Å². The van der Waals surface area contributed by atoms with Crippen LogP contribution in [-0.4, -0.2) is 16.9 Å². The Balaban J connectivity index is 2.50. The molecular weight excluding hydrogens is 184 g/mol. The van der Waals surface area contributed by atoms with Gasteiger partial charge in [-0.3, -0.25) is 0 Å². The monoisotopic (exact) mass is 190 g/mol. The first-order valence-electron chi connectivity index (χ1n) is 2.73. The second kappa shape index (κ2) is 2.52. The number of esters is 1. The van der Waals surface area contributed by atoms with Crippen LogP contribution in [0.4, 0.5) is 0 Å². The Morgan fingerprint density at radius 2 is 2.56 bits per heavy atom. The molecule has 0 saturated heterocycles. The minimum Gasteiger partial charge on any atom is -0.454 e. The second-order valence-corrected chi connectivity index (χ2v) is 3.38. The Kier molecular flexibility index (Phi) is 1.90. The van der Waals surface area contributed by atoms with E-state index < -0.39 is 0 Å². The van der Waals surface area contributed by atoms with Crippen LogP contribution in [0, 0.1) is 0 Å². The number of hydrogen-bond donors (Lipinski definition) is 0. The van der Waals surface area contributed by atoms with Crippen molar-refractivity contribution in [2.75, 3.05) is 0 Å². The van der Waals surface area contributed by atoms with Crippen molar-refractivity contribution < 1.29 is 9.53 Å². The molecule has 50 valence electrons. The molecule has 3 heteroatoms. The van der Waals surface area contributed by atoms with Crippen LogP contribution in [0.5, 0.6) is 0 Å². The van der Waals surface area contributed by atoms with Crippen molar-refractivity contribution >= 4 is 21.9 Å². The summed E-state index contributed by atoms with van der Waals surface area (Å²) in [4.78, 5) is 10.6. The molecule has 0 aromatic heterocycles. The number of cyclic esters (lactones) is 1. The maximum atomic E-state index is 10.4. The Bertz CT molecular complexity index is 151. The highest BCUT2D eigenvalue weighted by molar-refractivity contribution is 9.09. The van der Waals surface area contributed by atoms with Gasteiger partial charge < -0.3 is 4.74 Å². The molecule has 0 N–H and O–H groups in total. The second-order valence-electron chi connectivity index (χ2n) is 1.94. The van der Waals surface area contributed by atoms with Gasteiger partial charge in [0.15, 0.2) is 0 Å². The van der Waals surface area contributed by atoms with Crippen molar-refractivity contribution in [3.05, 3.63) is 12.2 Å². The number of carbonyl (C=O) groups is 1. The summed E-state index contributed by atoms with van der Waals surface area (Å²) in [5.74, 6) is -0.244. The summed E-state index contributed by atoms with van der Waals surface area (Å²) in [5.41, 5.74) is 0. The maximum absolute atomic E-state index is 10.4. The Morgan fingerprint density at radius 1 is 1.89 bits per heavy atom. The average Bonchev–Trinajstić information content (AvgIpc) is 2.14. The molecule has 0 aromatic carbocycles. The van der Waals surface area contributed by atoms with E-state index in [0.717, 1.165) is 0 Å². The minimum atomic E-state index is -0.244. The molecule has 0 saturated carbocycles. The van der Waals surface area contributed by atoms with Crippen LogP contribution in [0.3, 0.4) is 0 Å². The zero-order valence-corrected chi connectivity index (χ0v) is 6.59. The smallest absolute Gasteiger partial charge is 0.331 e. The molecule has 0 unspecified atom stereocenters. The van der Waals surface area contributed by atoms with Gasteiger partial charge in [-0.05, 0) is 13.0 Å². The summed E-state index contributed by atoms with van der Waals surface area (Å²) < 4.78 is 4.83. The van der Waals surface area contributed by atoms with E-state index >= 15 is 0 Å². The van der Waals surface area contributed by atoms with Crippen molar-refractivity contribution in [1.82, 2.24) is 0 Å². The average molecular weight is 191 g/mol. The Morgan fingerprint density at radius 3 is 2.78 bits per heavy atom. The fourth-order valence-corrected chi connectivity index (χ4v) is 0.917. The number of alkyl halides is 1. The third kappa shape index (κ3) is 1.55.